The molecule has 0 unspecified atom stereocenters. The van der Waals surface area contributed by atoms with Crippen LogP contribution in [0, 0.1) is 0 Å². The predicted molar refractivity (Wildman–Crippen MR) is 50.2 cm³/mol. The highest BCUT2D eigenvalue weighted by Gasteiger charge is 2.25. The summed E-state index contributed by atoms with van der Waals surface area (Å²) < 4.78 is 4.98. The molecule has 0 atom stereocenters. The first-order valence-electron chi connectivity index (χ1n) is 4.25. The number of fused-ring (bicyclic) bond motifs is 1. The van der Waals surface area contributed by atoms with Crippen molar-refractivity contribution in [3.05, 3.63) is 29.8 Å². The van der Waals surface area contributed by atoms with Crippen LogP contribution in [0.5, 0.6) is 0 Å². The molecule has 64 valence electrons. The predicted octanol–water partition coefficient (Wildman–Crippen LogP) is 0.930. The van der Waals surface area contributed by atoms with Crippen LogP contribution in [0.1, 0.15) is 19.4 Å². The fourth-order valence-electron chi connectivity index (χ4n) is 1.17. The molecule has 1 aliphatic heterocycles. The minimum Gasteiger partial charge on any atom is -0.423 e. The molecule has 1 heterocycles. The quantitative estimate of drug-likeness (QED) is 0.578. The zero-order valence-corrected chi connectivity index (χ0v) is 7.45. The van der Waals surface area contributed by atoms with E-state index in [2.05, 4.69) is 0 Å². The Balaban J connectivity index is 0.000000336. The maximum Gasteiger partial charge on any atom is 0.491 e. The third-order valence-electron chi connectivity index (χ3n) is 1.72. The lowest BCUT2D eigenvalue weighted by atomic mass is 9.80. The summed E-state index contributed by atoms with van der Waals surface area (Å²) in [6.07, 6.45) is 0. The molecule has 2 nitrogen and oxygen atoms in total. The summed E-state index contributed by atoms with van der Waals surface area (Å²) in [6.45, 7) is 4.54. The first kappa shape index (κ1) is 9.29. The SMILES string of the molecule is CC.OB1OCc2ccccc21. The second-order valence-corrected chi connectivity index (χ2v) is 2.36. The fraction of sp³-hybridized carbons (Fsp3) is 0.333. The van der Waals surface area contributed by atoms with Gasteiger partial charge in [0.25, 0.3) is 0 Å². The van der Waals surface area contributed by atoms with Gasteiger partial charge in [0.2, 0.25) is 0 Å². The van der Waals surface area contributed by atoms with Crippen LogP contribution in [0.25, 0.3) is 0 Å². The van der Waals surface area contributed by atoms with Gasteiger partial charge in [-0.25, -0.2) is 0 Å². The first-order chi connectivity index (χ1) is 5.88. The van der Waals surface area contributed by atoms with Gasteiger partial charge in [0, 0.05) is 0 Å². The van der Waals surface area contributed by atoms with Crippen LogP contribution >= 0.6 is 0 Å². The van der Waals surface area contributed by atoms with Crippen LogP contribution in [0.2, 0.25) is 0 Å². The normalized spacial score (nSPS) is 13.4. The summed E-state index contributed by atoms with van der Waals surface area (Å²) in [6, 6.07) is 7.69. The van der Waals surface area contributed by atoms with Gasteiger partial charge in [-0.15, -0.1) is 0 Å². The average Bonchev–Trinajstić information content (AvgIpc) is 2.53. The van der Waals surface area contributed by atoms with Gasteiger partial charge in [-0.1, -0.05) is 38.1 Å². The van der Waals surface area contributed by atoms with Crippen LogP contribution in [0.4, 0.5) is 0 Å². The van der Waals surface area contributed by atoms with E-state index in [-0.39, 0.29) is 0 Å². The zero-order valence-electron chi connectivity index (χ0n) is 7.45. The molecule has 0 saturated heterocycles. The lowest BCUT2D eigenvalue weighted by Gasteiger charge is -1.93. The largest absolute Gasteiger partial charge is 0.491 e. The lowest BCUT2D eigenvalue weighted by Crippen LogP contribution is -2.27. The molecule has 12 heavy (non-hydrogen) atoms. The van der Waals surface area contributed by atoms with E-state index in [1.54, 1.807) is 0 Å². The molecule has 0 bridgehead atoms. The van der Waals surface area contributed by atoms with E-state index in [0.29, 0.717) is 6.61 Å². The molecule has 2 rings (SSSR count). The molecule has 1 aromatic rings. The number of hydrogen-bond donors (Lipinski definition) is 1. The molecule has 1 aliphatic rings. The van der Waals surface area contributed by atoms with Crippen molar-refractivity contribution in [3.8, 4) is 0 Å². The molecular formula is C9H13BO2. The first-order valence-corrected chi connectivity index (χ1v) is 4.25. The molecule has 0 saturated carbocycles. The van der Waals surface area contributed by atoms with Crippen molar-refractivity contribution in [2.75, 3.05) is 0 Å². The van der Waals surface area contributed by atoms with Gasteiger partial charge in [-0.3, -0.25) is 0 Å². The Hall–Kier alpha value is -0.795. The smallest absolute Gasteiger partial charge is 0.423 e. The molecule has 1 N–H and O–H groups in total. The van der Waals surface area contributed by atoms with Gasteiger partial charge in [-0.2, -0.15) is 0 Å². The minimum absolute atomic E-state index is 0.539. The molecule has 1 aromatic carbocycles. The summed E-state index contributed by atoms with van der Waals surface area (Å²) in [5.74, 6) is 0. The average molecular weight is 164 g/mol. The van der Waals surface area contributed by atoms with Gasteiger partial charge in [0.1, 0.15) is 0 Å². The maximum absolute atomic E-state index is 9.16. The number of rotatable bonds is 0. The zero-order chi connectivity index (χ0) is 8.97. The van der Waals surface area contributed by atoms with Crippen LogP contribution in [0.15, 0.2) is 24.3 Å². The van der Waals surface area contributed by atoms with Crippen LogP contribution in [0.3, 0.4) is 0 Å². The molecule has 3 heteroatoms. The van der Waals surface area contributed by atoms with E-state index >= 15 is 0 Å². The van der Waals surface area contributed by atoms with Crippen LogP contribution in [-0.2, 0) is 11.3 Å². The summed E-state index contributed by atoms with van der Waals surface area (Å²) in [5.41, 5.74) is 2.00. The van der Waals surface area contributed by atoms with Crippen molar-refractivity contribution in [2.45, 2.75) is 20.5 Å². The number of hydrogen-bond acceptors (Lipinski definition) is 2. The second-order valence-electron chi connectivity index (χ2n) is 2.36. The van der Waals surface area contributed by atoms with E-state index in [9.17, 15) is 0 Å². The third-order valence-corrected chi connectivity index (χ3v) is 1.72. The molecule has 0 spiro atoms. The Morgan fingerprint density at radius 2 is 2.00 bits per heavy atom. The highest BCUT2D eigenvalue weighted by molar-refractivity contribution is 6.61. The van der Waals surface area contributed by atoms with E-state index in [1.807, 2.05) is 38.1 Å². The van der Waals surface area contributed by atoms with E-state index in [0.717, 1.165) is 11.0 Å². The van der Waals surface area contributed by atoms with Crippen molar-refractivity contribution in [1.82, 2.24) is 0 Å². The standard InChI is InChI=1S/C7H7BO2.C2H6/c9-8-7-4-2-1-3-6(7)5-10-8;1-2/h1-4,9H,5H2;1-2H3. The van der Waals surface area contributed by atoms with E-state index in [4.69, 9.17) is 9.68 Å². The van der Waals surface area contributed by atoms with Crippen molar-refractivity contribution in [1.29, 1.82) is 0 Å². The Morgan fingerprint density at radius 1 is 1.33 bits per heavy atom. The Bertz CT molecular complexity index is 250. The summed E-state index contributed by atoms with van der Waals surface area (Å²) >= 11 is 0. The number of benzene rings is 1. The van der Waals surface area contributed by atoms with Gasteiger partial charge in [0.05, 0.1) is 6.61 Å². The van der Waals surface area contributed by atoms with Gasteiger partial charge in [0.15, 0.2) is 0 Å². The Kier molecular flexibility index (Phi) is 3.32. The fourth-order valence-corrected chi connectivity index (χ4v) is 1.17. The minimum atomic E-state index is -0.698. The van der Waals surface area contributed by atoms with Crippen molar-refractivity contribution >= 4 is 12.6 Å². The van der Waals surface area contributed by atoms with Crippen LogP contribution in [-0.4, -0.2) is 12.1 Å². The molecule has 0 fully saturated rings. The van der Waals surface area contributed by atoms with Crippen molar-refractivity contribution in [3.63, 3.8) is 0 Å². The van der Waals surface area contributed by atoms with Gasteiger partial charge >= 0.3 is 7.12 Å². The van der Waals surface area contributed by atoms with E-state index < -0.39 is 7.12 Å². The van der Waals surface area contributed by atoms with Crippen molar-refractivity contribution < 1.29 is 9.68 Å². The van der Waals surface area contributed by atoms with Crippen molar-refractivity contribution in [2.24, 2.45) is 0 Å². The monoisotopic (exact) mass is 164 g/mol. The molecule has 0 aliphatic carbocycles. The summed E-state index contributed by atoms with van der Waals surface area (Å²) in [7, 11) is -0.698. The molecule has 0 radical (unpaired) electrons. The van der Waals surface area contributed by atoms with Crippen LogP contribution < -0.4 is 5.46 Å². The highest BCUT2D eigenvalue weighted by Crippen LogP contribution is 2.07. The lowest BCUT2D eigenvalue weighted by molar-refractivity contribution is 0.275. The molecule has 0 aromatic heterocycles. The maximum atomic E-state index is 9.16. The topological polar surface area (TPSA) is 29.5 Å². The van der Waals surface area contributed by atoms with E-state index in [1.165, 1.54) is 0 Å². The second kappa shape index (κ2) is 4.29. The summed E-state index contributed by atoms with van der Waals surface area (Å²) in [4.78, 5) is 0. The summed E-state index contributed by atoms with van der Waals surface area (Å²) in [5, 5.41) is 9.16. The molecule has 0 amide bonds. The molecular weight excluding hydrogens is 151 g/mol. The van der Waals surface area contributed by atoms with Gasteiger partial charge in [-0.05, 0) is 11.0 Å². The highest BCUT2D eigenvalue weighted by atomic mass is 16.5. The Morgan fingerprint density at radius 3 is 2.67 bits per heavy atom. The third kappa shape index (κ3) is 1.68. The van der Waals surface area contributed by atoms with Gasteiger partial charge < -0.3 is 9.68 Å². The Labute approximate surface area is 73.3 Å².